The average molecular weight is 227 g/mol. The van der Waals surface area contributed by atoms with Crippen LogP contribution in [0.2, 0.25) is 0 Å². The number of hydrogen-bond acceptors (Lipinski definition) is 3. The largest absolute Gasteiger partial charge is 0.337 e. The fourth-order valence-corrected chi connectivity index (χ4v) is 2.21. The van der Waals surface area contributed by atoms with Crippen LogP contribution in [-0.2, 0) is 4.79 Å². The Labute approximate surface area is 99.0 Å². The van der Waals surface area contributed by atoms with Crippen molar-refractivity contribution in [2.75, 3.05) is 27.2 Å². The molecule has 4 heteroatoms. The number of carbonyl (C=O) groups is 1. The van der Waals surface area contributed by atoms with Crippen molar-refractivity contribution < 1.29 is 4.79 Å². The lowest BCUT2D eigenvalue weighted by molar-refractivity contribution is -0.141. The zero-order chi connectivity index (χ0) is 12.5. The van der Waals surface area contributed by atoms with Crippen molar-refractivity contribution in [3.63, 3.8) is 0 Å². The number of rotatable bonds is 3. The predicted octanol–water partition coefficient (Wildman–Crippen LogP) is 0.535. The van der Waals surface area contributed by atoms with Crippen molar-refractivity contribution in [1.82, 2.24) is 15.1 Å². The first kappa shape index (κ1) is 13.5. The fraction of sp³-hybridized carbons (Fsp3) is 0.917. The standard InChI is InChI=1S/C12H25N3O/c1-9(2)15-8-12(3,4)13-10(11(15)16)7-14(5)6/h9-10,13H,7-8H2,1-6H3. The Morgan fingerprint density at radius 3 is 2.50 bits per heavy atom. The summed E-state index contributed by atoms with van der Waals surface area (Å²) in [6.07, 6.45) is 0. The number of nitrogens with one attached hydrogen (secondary N) is 1. The minimum absolute atomic E-state index is 0.00113. The first-order valence-electron chi connectivity index (χ1n) is 5.96. The van der Waals surface area contributed by atoms with Gasteiger partial charge in [-0.25, -0.2) is 0 Å². The van der Waals surface area contributed by atoms with Gasteiger partial charge in [-0.2, -0.15) is 0 Å². The highest BCUT2D eigenvalue weighted by atomic mass is 16.2. The van der Waals surface area contributed by atoms with E-state index < -0.39 is 0 Å². The molecule has 0 aromatic heterocycles. The predicted molar refractivity (Wildman–Crippen MR) is 66.4 cm³/mol. The van der Waals surface area contributed by atoms with Gasteiger partial charge in [0, 0.05) is 24.7 Å². The van der Waals surface area contributed by atoms with Gasteiger partial charge in [0.1, 0.15) is 6.04 Å². The second-order valence-corrected chi connectivity index (χ2v) is 5.90. The van der Waals surface area contributed by atoms with E-state index in [1.165, 1.54) is 0 Å². The van der Waals surface area contributed by atoms with Crippen molar-refractivity contribution in [1.29, 1.82) is 0 Å². The summed E-state index contributed by atoms with van der Waals surface area (Å²) >= 11 is 0. The van der Waals surface area contributed by atoms with Gasteiger partial charge in [-0.1, -0.05) is 0 Å². The molecular weight excluding hydrogens is 202 g/mol. The van der Waals surface area contributed by atoms with Crippen molar-refractivity contribution in [2.45, 2.75) is 45.3 Å². The van der Waals surface area contributed by atoms with Crippen LogP contribution in [0.3, 0.4) is 0 Å². The highest BCUT2D eigenvalue weighted by molar-refractivity contribution is 5.83. The molecule has 1 fully saturated rings. The van der Waals surface area contributed by atoms with Crippen LogP contribution in [0.5, 0.6) is 0 Å². The molecule has 0 aliphatic carbocycles. The van der Waals surface area contributed by atoms with Gasteiger partial charge in [-0.3, -0.25) is 10.1 Å². The first-order valence-corrected chi connectivity index (χ1v) is 5.96. The lowest BCUT2D eigenvalue weighted by atomic mass is 9.96. The number of nitrogens with zero attached hydrogens (tertiary/aromatic N) is 2. The molecule has 0 spiro atoms. The van der Waals surface area contributed by atoms with E-state index >= 15 is 0 Å². The third-order valence-electron chi connectivity index (χ3n) is 2.88. The van der Waals surface area contributed by atoms with E-state index in [0.29, 0.717) is 0 Å². The quantitative estimate of drug-likeness (QED) is 0.764. The molecule has 1 amide bonds. The molecule has 0 radical (unpaired) electrons. The molecule has 1 saturated heterocycles. The van der Waals surface area contributed by atoms with Crippen LogP contribution in [0, 0.1) is 0 Å². The summed E-state index contributed by atoms with van der Waals surface area (Å²) in [5.74, 6) is 0.225. The summed E-state index contributed by atoms with van der Waals surface area (Å²) < 4.78 is 0. The van der Waals surface area contributed by atoms with E-state index in [0.717, 1.165) is 13.1 Å². The van der Waals surface area contributed by atoms with Gasteiger partial charge >= 0.3 is 0 Å². The third kappa shape index (κ3) is 3.19. The number of piperazine rings is 1. The molecule has 1 unspecified atom stereocenters. The molecule has 0 bridgehead atoms. The molecule has 0 saturated carbocycles. The van der Waals surface area contributed by atoms with Gasteiger partial charge in [0.05, 0.1) is 0 Å². The van der Waals surface area contributed by atoms with Gasteiger partial charge in [-0.05, 0) is 41.8 Å². The van der Waals surface area contributed by atoms with E-state index in [4.69, 9.17) is 0 Å². The molecule has 1 atom stereocenters. The summed E-state index contributed by atoms with van der Waals surface area (Å²) in [6.45, 7) is 9.99. The van der Waals surface area contributed by atoms with Crippen LogP contribution in [-0.4, -0.2) is 60.5 Å². The molecule has 1 aliphatic heterocycles. The minimum atomic E-state index is -0.0823. The number of carbonyl (C=O) groups excluding carboxylic acids is 1. The fourth-order valence-electron chi connectivity index (χ4n) is 2.21. The summed E-state index contributed by atoms with van der Waals surface area (Å²) in [4.78, 5) is 16.3. The van der Waals surface area contributed by atoms with Crippen LogP contribution in [0.25, 0.3) is 0 Å². The molecular formula is C12H25N3O. The highest BCUT2D eigenvalue weighted by Gasteiger charge is 2.38. The molecule has 1 heterocycles. The van der Waals surface area contributed by atoms with E-state index in [-0.39, 0.29) is 23.5 Å². The minimum Gasteiger partial charge on any atom is -0.337 e. The zero-order valence-electron chi connectivity index (χ0n) is 11.4. The smallest absolute Gasteiger partial charge is 0.241 e. The SMILES string of the molecule is CC(C)N1CC(C)(C)NC(CN(C)C)C1=O. The van der Waals surface area contributed by atoms with E-state index in [9.17, 15) is 4.79 Å². The topological polar surface area (TPSA) is 35.6 Å². The van der Waals surface area contributed by atoms with Gasteiger partial charge in [0.15, 0.2) is 0 Å². The Morgan fingerprint density at radius 1 is 1.50 bits per heavy atom. The second kappa shape index (κ2) is 4.72. The monoisotopic (exact) mass is 227 g/mol. The van der Waals surface area contributed by atoms with Crippen molar-refractivity contribution in [3.05, 3.63) is 0 Å². The molecule has 0 aromatic carbocycles. The Hall–Kier alpha value is -0.610. The zero-order valence-corrected chi connectivity index (χ0v) is 11.4. The number of hydrogen-bond donors (Lipinski definition) is 1. The van der Waals surface area contributed by atoms with Crippen LogP contribution in [0.15, 0.2) is 0 Å². The summed E-state index contributed by atoms with van der Waals surface area (Å²) in [5, 5.41) is 3.43. The summed E-state index contributed by atoms with van der Waals surface area (Å²) in [7, 11) is 3.99. The van der Waals surface area contributed by atoms with Crippen molar-refractivity contribution >= 4 is 5.91 Å². The molecule has 1 aliphatic rings. The number of likely N-dealkylation sites (N-methyl/N-ethyl adjacent to an activating group) is 1. The van der Waals surface area contributed by atoms with Crippen LogP contribution >= 0.6 is 0 Å². The van der Waals surface area contributed by atoms with Crippen LogP contribution in [0.4, 0.5) is 0 Å². The van der Waals surface area contributed by atoms with Gasteiger partial charge in [-0.15, -0.1) is 0 Å². The van der Waals surface area contributed by atoms with Gasteiger partial charge in [0.25, 0.3) is 0 Å². The Bertz CT molecular complexity index is 261. The number of amides is 1. The summed E-state index contributed by atoms with van der Waals surface area (Å²) in [5.41, 5.74) is -0.00113. The molecule has 94 valence electrons. The maximum absolute atomic E-state index is 12.2. The normalized spacial score (nSPS) is 25.6. The third-order valence-corrected chi connectivity index (χ3v) is 2.88. The molecule has 1 N–H and O–H groups in total. The Morgan fingerprint density at radius 2 is 2.06 bits per heavy atom. The van der Waals surface area contributed by atoms with Crippen molar-refractivity contribution in [2.24, 2.45) is 0 Å². The lowest BCUT2D eigenvalue weighted by Crippen LogP contribution is -2.67. The van der Waals surface area contributed by atoms with Gasteiger partial charge < -0.3 is 9.80 Å². The molecule has 4 nitrogen and oxygen atoms in total. The van der Waals surface area contributed by atoms with Crippen molar-refractivity contribution in [3.8, 4) is 0 Å². The maximum Gasteiger partial charge on any atom is 0.241 e. The van der Waals surface area contributed by atoms with E-state index in [1.54, 1.807) is 0 Å². The van der Waals surface area contributed by atoms with Gasteiger partial charge in [0.2, 0.25) is 5.91 Å². The molecule has 16 heavy (non-hydrogen) atoms. The first-order chi connectivity index (χ1) is 7.23. The Balaban J connectivity index is 2.81. The highest BCUT2D eigenvalue weighted by Crippen LogP contribution is 2.17. The Kier molecular flexibility index (Phi) is 3.97. The molecule has 0 aromatic rings. The maximum atomic E-state index is 12.2. The lowest BCUT2D eigenvalue weighted by Gasteiger charge is -2.45. The second-order valence-electron chi connectivity index (χ2n) is 5.90. The summed E-state index contributed by atoms with van der Waals surface area (Å²) in [6, 6.07) is 0.194. The molecule has 1 rings (SSSR count). The van der Waals surface area contributed by atoms with E-state index in [2.05, 4.69) is 37.9 Å². The van der Waals surface area contributed by atoms with Crippen LogP contribution in [0.1, 0.15) is 27.7 Å². The van der Waals surface area contributed by atoms with Crippen LogP contribution < -0.4 is 5.32 Å². The average Bonchev–Trinajstić information content (AvgIpc) is 2.09. The van der Waals surface area contributed by atoms with E-state index in [1.807, 2.05) is 19.0 Å².